The van der Waals surface area contributed by atoms with E-state index in [1.165, 1.54) is 155 Å². The van der Waals surface area contributed by atoms with Gasteiger partial charge in [-0.05, 0) is 128 Å². The molecule has 0 nitrogen and oxygen atoms in total. The molecule has 69 heavy (non-hydrogen) atoms. The molecular weight excluding hydrogens is 867 g/mol. The molecule has 0 amide bonds. The third-order valence-electron chi connectivity index (χ3n) is 16.1. The Morgan fingerprint density at radius 2 is 0.681 bits per heavy atom. The van der Waals surface area contributed by atoms with Gasteiger partial charge in [-0.1, -0.05) is 252 Å². The van der Waals surface area contributed by atoms with Crippen molar-refractivity contribution >= 4 is 78.6 Å². The van der Waals surface area contributed by atoms with Crippen molar-refractivity contribution in [3.05, 3.63) is 242 Å². The zero-order valence-electron chi connectivity index (χ0n) is 38.2. The van der Waals surface area contributed by atoms with Gasteiger partial charge >= 0.3 is 0 Å². The Balaban J connectivity index is 1.10. The second kappa shape index (κ2) is 15.3. The summed E-state index contributed by atoms with van der Waals surface area (Å²) in [6.07, 6.45) is 4.97. The molecular formula is C67H46P2. The van der Waals surface area contributed by atoms with Crippen molar-refractivity contribution in [1.82, 2.24) is 0 Å². The highest BCUT2D eigenvalue weighted by molar-refractivity contribution is 7.68. The van der Waals surface area contributed by atoms with Crippen molar-refractivity contribution in [2.45, 2.75) is 31.1 Å². The SMILES string of the molecule is c1ccc(-p2c3ccccc3c3cccc(-c4cccc5c(-c6cccc7c6-c6ccccc6C76CCCC6)c6cccc(-c7cccc8c9ccccc9p(-c9ccccc9)c78)c6cc45)c32)cc1. The molecule has 11 aromatic carbocycles. The lowest BCUT2D eigenvalue weighted by Gasteiger charge is -2.27. The summed E-state index contributed by atoms with van der Waals surface area (Å²) in [7, 11) is -1.59. The summed E-state index contributed by atoms with van der Waals surface area (Å²) in [5, 5.41) is 19.3. The molecule has 1 fully saturated rings. The van der Waals surface area contributed by atoms with Crippen LogP contribution < -0.4 is 0 Å². The lowest BCUT2D eigenvalue weighted by Crippen LogP contribution is -2.20. The minimum Gasteiger partial charge on any atom is -0.0766 e. The smallest absolute Gasteiger partial charge is 0.0215 e. The molecule has 2 aliphatic carbocycles. The molecule has 0 bridgehead atoms. The largest absolute Gasteiger partial charge is 0.0766 e. The van der Waals surface area contributed by atoms with Crippen LogP contribution in [0, 0.1) is 0 Å². The lowest BCUT2D eigenvalue weighted by molar-refractivity contribution is 0.550. The third kappa shape index (κ3) is 5.60. The third-order valence-corrected chi connectivity index (χ3v) is 21.3. The van der Waals surface area contributed by atoms with Gasteiger partial charge in [-0.3, -0.25) is 0 Å². The second-order valence-corrected chi connectivity index (χ2v) is 23.6. The highest BCUT2D eigenvalue weighted by Gasteiger charge is 2.45. The summed E-state index contributed by atoms with van der Waals surface area (Å²) >= 11 is 0. The summed E-state index contributed by atoms with van der Waals surface area (Å²) < 4.78 is 0. The first kappa shape index (κ1) is 39.5. The lowest BCUT2D eigenvalue weighted by atomic mass is 9.76. The topological polar surface area (TPSA) is 0 Å². The van der Waals surface area contributed by atoms with E-state index in [4.69, 9.17) is 0 Å². The molecule has 0 aliphatic heterocycles. The van der Waals surface area contributed by atoms with E-state index in [9.17, 15) is 0 Å². The standard InChI is InChI=1S/C67H46P2/c1-3-20-43(21-4-1)68-61-38-11-8-24-47(61)53-33-17-31-51(65(53)68)45-27-15-29-49-57(45)42-58-46(52-32-18-34-54-48-25-9-12-39-62(48)69(66(52)54)44-22-5-2-6-23-44)28-16-30-50(58)63(49)56-35-19-37-60-64(56)55-26-7-10-36-59(55)67(60)40-13-14-41-67/h1-12,15-39,42H,13-14,40-41H2. The fraction of sp³-hybridized carbons (Fsp3) is 0.0746. The minimum atomic E-state index is -0.793. The molecule has 2 aliphatic rings. The Morgan fingerprint density at radius 3 is 1.25 bits per heavy atom. The van der Waals surface area contributed by atoms with E-state index < -0.39 is 15.1 Å². The van der Waals surface area contributed by atoms with Crippen molar-refractivity contribution in [1.29, 1.82) is 0 Å². The van der Waals surface area contributed by atoms with Gasteiger partial charge in [0.25, 0.3) is 0 Å². The monoisotopic (exact) mass is 912 g/mol. The van der Waals surface area contributed by atoms with E-state index in [0.717, 1.165) is 0 Å². The van der Waals surface area contributed by atoms with Gasteiger partial charge in [0.15, 0.2) is 0 Å². The highest BCUT2D eigenvalue weighted by atomic mass is 31.1. The first-order valence-electron chi connectivity index (χ1n) is 24.6. The molecule has 2 heterocycles. The maximum Gasteiger partial charge on any atom is 0.0215 e. The van der Waals surface area contributed by atoms with Crippen LogP contribution in [0.2, 0.25) is 0 Å². The number of hydrogen-bond acceptors (Lipinski definition) is 0. The van der Waals surface area contributed by atoms with Gasteiger partial charge in [0, 0.05) is 25.9 Å². The second-order valence-electron chi connectivity index (χ2n) is 19.4. The molecule has 1 spiro atoms. The van der Waals surface area contributed by atoms with E-state index in [2.05, 4.69) is 231 Å². The van der Waals surface area contributed by atoms with Crippen LogP contribution in [-0.4, -0.2) is 0 Å². The number of fused-ring (bicyclic) bond motifs is 13. The zero-order valence-corrected chi connectivity index (χ0v) is 40.0. The average Bonchev–Trinajstić information content (AvgIpc) is 4.20. The van der Waals surface area contributed by atoms with Crippen LogP contribution >= 0.6 is 15.1 Å². The Bertz CT molecular complexity index is 4020. The van der Waals surface area contributed by atoms with Gasteiger partial charge in [-0.25, -0.2) is 0 Å². The van der Waals surface area contributed by atoms with Crippen molar-refractivity contribution in [3.63, 3.8) is 0 Å². The average molecular weight is 913 g/mol. The molecule has 324 valence electrons. The highest BCUT2D eigenvalue weighted by Crippen LogP contribution is 2.62. The Labute approximate surface area is 404 Å². The van der Waals surface area contributed by atoms with Gasteiger partial charge in [0.2, 0.25) is 0 Å². The fourth-order valence-electron chi connectivity index (χ4n) is 13.3. The van der Waals surface area contributed by atoms with Crippen LogP contribution in [-0.2, 0) is 5.41 Å². The van der Waals surface area contributed by atoms with Gasteiger partial charge < -0.3 is 0 Å². The number of benzene rings is 11. The molecule has 0 N–H and O–H groups in total. The maximum atomic E-state index is 2.59. The van der Waals surface area contributed by atoms with Crippen LogP contribution in [0.1, 0.15) is 36.8 Å². The zero-order chi connectivity index (χ0) is 45.2. The van der Waals surface area contributed by atoms with Gasteiger partial charge in [-0.15, -0.1) is 0 Å². The molecule has 1 saturated carbocycles. The van der Waals surface area contributed by atoms with Crippen molar-refractivity contribution in [2.75, 3.05) is 0 Å². The maximum absolute atomic E-state index is 2.59. The molecule has 2 atom stereocenters. The van der Waals surface area contributed by atoms with Crippen LogP contribution in [0.3, 0.4) is 0 Å². The molecule has 15 rings (SSSR count). The predicted octanol–water partition coefficient (Wildman–Crippen LogP) is 20.4. The van der Waals surface area contributed by atoms with E-state index >= 15 is 0 Å². The molecule has 2 heteroatoms. The summed E-state index contributed by atoms with van der Waals surface area (Å²) in [5.41, 5.74) is 13.9. The summed E-state index contributed by atoms with van der Waals surface area (Å²) in [5.74, 6) is 0. The van der Waals surface area contributed by atoms with Crippen LogP contribution in [0.4, 0.5) is 0 Å². The molecule has 2 aromatic heterocycles. The van der Waals surface area contributed by atoms with Gasteiger partial charge in [0.05, 0.1) is 0 Å². The predicted molar refractivity (Wildman–Crippen MR) is 301 cm³/mol. The number of hydrogen-bond donors (Lipinski definition) is 0. The summed E-state index contributed by atoms with van der Waals surface area (Å²) in [6.45, 7) is 0. The normalized spacial score (nSPS) is 14.5. The summed E-state index contributed by atoms with van der Waals surface area (Å²) in [6, 6.07) is 88.8. The molecule has 13 aromatic rings. The fourth-order valence-corrected chi connectivity index (χ4v) is 18.9. The molecule has 2 unspecified atom stereocenters. The van der Waals surface area contributed by atoms with Crippen molar-refractivity contribution in [2.24, 2.45) is 0 Å². The van der Waals surface area contributed by atoms with E-state index in [1.54, 1.807) is 0 Å². The first-order valence-corrected chi connectivity index (χ1v) is 27.3. The van der Waals surface area contributed by atoms with Crippen molar-refractivity contribution in [3.8, 4) is 55.1 Å². The van der Waals surface area contributed by atoms with E-state index in [0.29, 0.717) is 0 Å². The van der Waals surface area contributed by atoms with E-state index in [-0.39, 0.29) is 5.41 Å². The minimum absolute atomic E-state index is 0.0705. The first-order chi connectivity index (χ1) is 34.3. The Hall–Kier alpha value is -7.46. The Morgan fingerprint density at radius 1 is 0.275 bits per heavy atom. The summed E-state index contributed by atoms with van der Waals surface area (Å²) in [4.78, 5) is 0. The number of rotatable bonds is 5. The van der Waals surface area contributed by atoms with E-state index in [1.807, 2.05) is 0 Å². The Kier molecular flexibility index (Phi) is 8.75. The molecule has 0 saturated heterocycles. The van der Waals surface area contributed by atoms with Gasteiger partial charge in [-0.2, -0.15) is 0 Å². The van der Waals surface area contributed by atoms with Crippen LogP contribution in [0.25, 0.3) is 119 Å². The van der Waals surface area contributed by atoms with Crippen LogP contribution in [0.15, 0.2) is 231 Å². The molecule has 0 radical (unpaired) electrons. The van der Waals surface area contributed by atoms with Gasteiger partial charge in [0.1, 0.15) is 0 Å². The van der Waals surface area contributed by atoms with Crippen molar-refractivity contribution < 1.29 is 0 Å². The quantitative estimate of drug-likeness (QED) is 0.151. The van der Waals surface area contributed by atoms with Crippen LogP contribution in [0.5, 0.6) is 0 Å².